The average molecular weight is 482 g/mol. The number of aryl methyl sites for hydroxylation is 1. The Hall–Kier alpha value is -3.76. The van der Waals surface area contributed by atoms with Crippen molar-refractivity contribution in [3.63, 3.8) is 0 Å². The number of aromatic nitrogens is 4. The standard InChI is InChI=1S/C24H28FN7O3/c1-13-9-32-10-14(6-17(25)21(32)28-13)29-22(33)18-7-27-19(8-26-18)31-11-15-16(12-31)20(15)30(5)23(34)35-24(2,3)4/h6-10,15-16,20H,11-12H2,1-5H3,(H,29,33). The molecule has 1 saturated heterocycles. The largest absolute Gasteiger partial charge is 0.444 e. The van der Waals surface area contributed by atoms with Crippen molar-refractivity contribution in [1.29, 1.82) is 0 Å². The molecule has 1 aliphatic heterocycles. The van der Waals surface area contributed by atoms with E-state index in [0.29, 0.717) is 29.0 Å². The highest BCUT2D eigenvalue weighted by Gasteiger charge is 2.59. The van der Waals surface area contributed by atoms with E-state index in [0.717, 1.165) is 13.1 Å². The maximum absolute atomic E-state index is 14.3. The summed E-state index contributed by atoms with van der Waals surface area (Å²) in [5.41, 5.74) is 0.778. The van der Waals surface area contributed by atoms with Gasteiger partial charge < -0.3 is 24.3 Å². The Morgan fingerprint density at radius 3 is 2.51 bits per heavy atom. The van der Waals surface area contributed by atoms with Crippen LogP contribution < -0.4 is 10.2 Å². The zero-order chi connectivity index (χ0) is 25.1. The molecule has 2 amide bonds. The first-order valence-corrected chi connectivity index (χ1v) is 11.5. The summed E-state index contributed by atoms with van der Waals surface area (Å²) in [6, 6.07) is 1.39. The predicted molar refractivity (Wildman–Crippen MR) is 127 cm³/mol. The topological polar surface area (TPSA) is 105 Å². The van der Waals surface area contributed by atoms with Gasteiger partial charge in [-0.05, 0) is 27.7 Å². The number of hydrogen-bond acceptors (Lipinski definition) is 7. The van der Waals surface area contributed by atoms with Crippen LogP contribution >= 0.6 is 0 Å². The first-order valence-electron chi connectivity index (χ1n) is 11.5. The lowest BCUT2D eigenvalue weighted by molar-refractivity contribution is 0.0268. The second-order valence-electron chi connectivity index (χ2n) is 10.2. The molecular formula is C24H28FN7O3. The summed E-state index contributed by atoms with van der Waals surface area (Å²) in [5.74, 6) is 0.375. The van der Waals surface area contributed by atoms with Gasteiger partial charge in [0, 0.05) is 56.5 Å². The zero-order valence-electron chi connectivity index (χ0n) is 20.3. The highest BCUT2D eigenvalue weighted by Crippen LogP contribution is 2.49. The molecule has 10 nitrogen and oxygen atoms in total. The molecule has 35 heavy (non-hydrogen) atoms. The molecule has 0 aromatic carbocycles. The highest BCUT2D eigenvalue weighted by molar-refractivity contribution is 6.02. The third kappa shape index (κ3) is 4.50. The van der Waals surface area contributed by atoms with Gasteiger partial charge in [0.05, 0.1) is 23.8 Å². The fraction of sp³-hybridized carbons (Fsp3) is 0.458. The summed E-state index contributed by atoms with van der Waals surface area (Å²) in [6.45, 7) is 8.85. The first kappa shape index (κ1) is 23.0. The molecule has 1 aliphatic carbocycles. The van der Waals surface area contributed by atoms with Crippen molar-refractivity contribution in [1.82, 2.24) is 24.3 Å². The summed E-state index contributed by atoms with van der Waals surface area (Å²) in [5, 5.41) is 2.66. The number of nitrogens with one attached hydrogen (secondary N) is 1. The van der Waals surface area contributed by atoms with Gasteiger partial charge in [-0.2, -0.15) is 0 Å². The van der Waals surface area contributed by atoms with E-state index >= 15 is 0 Å². The van der Waals surface area contributed by atoms with Crippen LogP contribution in [0.2, 0.25) is 0 Å². The van der Waals surface area contributed by atoms with E-state index in [1.54, 1.807) is 37.5 Å². The highest BCUT2D eigenvalue weighted by atomic mass is 19.1. The molecule has 4 heterocycles. The van der Waals surface area contributed by atoms with Crippen LogP contribution in [0.25, 0.3) is 5.65 Å². The van der Waals surface area contributed by atoms with Crippen LogP contribution in [-0.2, 0) is 4.74 Å². The van der Waals surface area contributed by atoms with Crippen molar-refractivity contribution in [3.05, 3.63) is 48.1 Å². The van der Waals surface area contributed by atoms with Gasteiger partial charge in [0.25, 0.3) is 5.91 Å². The monoisotopic (exact) mass is 481 g/mol. The number of ether oxygens (including phenoxy) is 1. The number of fused-ring (bicyclic) bond motifs is 2. The average Bonchev–Trinajstić information content (AvgIpc) is 3.08. The number of carbonyl (C=O) groups excluding carboxylic acids is 2. The van der Waals surface area contributed by atoms with Gasteiger partial charge in [0.15, 0.2) is 11.5 Å². The molecule has 3 aromatic heterocycles. The molecule has 1 saturated carbocycles. The number of amides is 2. The fourth-order valence-electron chi connectivity index (χ4n) is 4.76. The Morgan fingerprint density at radius 1 is 1.17 bits per heavy atom. The van der Waals surface area contributed by atoms with Gasteiger partial charge >= 0.3 is 6.09 Å². The van der Waals surface area contributed by atoms with Gasteiger partial charge in [-0.1, -0.05) is 0 Å². The molecule has 184 valence electrons. The summed E-state index contributed by atoms with van der Waals surface area (Å²) in [7, 11) is 1.78. The van der Waals surface area contributed by atoms with Crippen LogP contribution in [0.15, 0.2) is 30.9 Å². The third-order valence-corrected chi connectivity index (χ3v) is 6.36. The molecule has 2 atom stereocenters. The van der Waals surface area contributed by atoms with Crippen LogP contribution in [0.1, 0.15) is 37.0 Å². The molecular weight excluding hydrogens is 453 g/mol. The second kappa shape index (κ2) is 8.17. The minimum atomic E-state index is -0.527. The van der Waals surface area contributed by atoms with Crippen LogP contribution in [0.3, 0.4) is 0 Å². The maximum atomic E-state index is 14.3. The number of piperidine rings is 1. The summed E-state index contributed by atoms with van der Waals surface area (Å²) in [4.78, 5) is 41.5. The van der Waals surface area contributed by atoms with Crippen molar-refractivity contribution in [2.75, 3.05) is 30.4 Å². The van der Waals surface area contributed by atoms with E-state index < -0.39 is 17.3 Å². The van der Waals surface area contributed by atoms with Gasteiger partial charge in [-0.15, -0.1) is 0 Å². The number of halogens is 1. The molecule has 0 radical (unpaired) electrons. The van der Waals surface area contributed by atoms with Crippen molar-refractivity contribution in [2.24, 2.45) is 11.8 Å². The molecule has 11 heteroatoms. The number of hydrogen-bond donors (Lipinski definition) is 1. The van der Waals surface area contributed by atoms with Crippen LogP contribution in [-0.4, -0.2) is 68.0 Å². The Balaban J connectivity index is 1.18. The van der Waals surface area contributed by atoms with Gasteiger partial charge in [-0.25, -0.2) is 24.1 Å². The normalized spacial score (nSPS) is 21.1. The van der Waals surface area contributed by atoms with Crippen LogP contribution in [0, 0.1) is 24.6 Å². The minimum absolute atomic E-state index is 0.128. The summed E-state index contributed by atoms with van der Waals surface area (Å²) in [6.07, 6.45) is 5.95. The van der Waals surface area contributed by atoms with E-state index in [1.807, 2.05) is 20.8 Å². The van der Waals surface area contributed by atoms with Gasteiger partial charge in [0.1, 0.15) is 17.1 Å². The van der Waals surface area contributed by atoms with Gasteiger partial charge in [0.2, 0.25) is 0 Å². The SMILES string of the molecule is Cc1cn2cc(NC(=O)c3cnc(N4CC5C(C4)C5N(C)C(=O)OC(C)(C)C)cn3)cc(F)c2n1. The molecule has 1 N–H and O–H groups in total. The predicted octanol–water partition coefficient (Wildman–Crippen LogP) is 3.13. The number of pyridine rings is 1. The minimum Gasteiger partial charge on any atom is -0.444 e. The van der Waals surface area contributed by atoms with Crippen molar-refractivity contribution in [3.8, 4) is 0 Å². The first-order chi connectivity index (χ1) is 16.5. The molecule has 3 aromatic rings. The van der Waals surface area contributed by atoms with Crippen molar-refractivity contribution in [2.45, 2.75) is 39.3 Å². The molecule has 2 fully saturated rings. The molecule has 5 rings (SSSR count). The lowest BCUT2D eigenvalue weighted by atomic mass is 10.2. The number of carbonyl (C=O) groups is 2. The van der Waals surface area contributed by atoms with E-state index in [9.17, 15) is 14.0 Å². The lowest BCUT2D eigenvalue weighted by Gasteiger charge is -2.27. The Morgan fingerprint density at radius 2 is 1.89 bits per heavy atom. The van der Waals surface area contributed by atoms with E-state index in [-0.39, 0.29) is 23.5 Å². The van der Waals surface area contributed by atoms with Crippen LogP contribution in [0.4, 0.5) is 20.7 Å². The smallest absolute Gasteiger partial charge is 0.410 e. The van der Waals surface area contributed by atoms with E-state index in [2.05, 4.69) is 25.2 Å². The molecule has 0 bridgehead atoms. The van der Waals surface area contributed by atoms with E-state index in [1.165, 1.54) is 16.7 Å². The quantitative estimate of drug-likeness (QED) is 0.610. The Kier molecular flexibility index (Phi) is 5.37. The Labute approximate surface area is 202 Å². The maximum Gasteiger partial charge on any atom is 0.410 e. The number of imidazole rings is 1. The molecule has 2 unspecified atom stereocenters. The van der Waals surface area contributed by atoms with Gasteiger partial charge in [-0.3, -0.25) is 4.79 Å². The Bertz CT molecular complexity index is 1290. The van der Waals surface area contributed by atoms with E-state index in [4.69, 9.17) is 4.74 Å². The number of nitrogens with zero attached hydrogens (tertiary/aromatic N) is 6. The fourth-order valence-corrected chi connectivity index (χ4v) is 4.76. The van der Waals surface area contributed by atoms with Crippen LogP contribution in [0.5, 0.6) is 0 Å². The third-order valence-electron chi connectivity index (χ3n) is 6.36. The lowest BCUT2D eigenvalue weighted by Crippen LogP contribution is -2.39. The molecule has 0 spiro atoms. The number of rotatable bonds is 4. The van der Waals surface area contributed by atoms with Crippen molar-refractivity contribution >= 4 is 29.2 Å². The summed E-state index contributed by atoms with van der Waals surface area (Å²) >= 11 is 0. The number of anilines is 2. The molecule has 2 aliphatic rings. The summed E-state index contributed by atoms with van der Waals surface area (Å²) < 4.78 is 21.3. The zero-order valence-corrected chi connectivity index (χ0v) is 20.3. The second-order valence-corrected chi connectivity index (χ2v) is 10.2. The van der Waals surface area contributed by atoms with Crippen molar-refractivity contribution < 1.29 is 18.7 Å².